The first-order valence-electron chi connectivity index (χ1n) is 9.82. The number of aryl methyl sites for hydroxylation is 1. The molecule has 1 aliphatic rings. The van der Waals surface area contributed by atoms with Gasteiger partial charge in [0, 0.05) is 38.6 Å². The molecule has 0 spiro atoms. The number of nitrogens with one attached hydrogen (secondary N) is 1. The number of hydrogen-bond acceptors (Lipinski definition) is 7. The van der Waals surface area contributed by atoms with Gasteiger partial charge in [0.25, 0.3) is 12.4 Å². The number of carbonyl (C=O) groups is 2. The monoisotopic (exact) mass is 422 g/mol. The van der Waals surface area contributed by atoms with Crippen LogP contribution in [0.15, 0.2) is 36.9 Å². The smallest absolute Gasteiger partial charge is 0.290 e. The number of para-hydroxylation sites is 1. The molecule has 0 atom stereocenters. The summed E-state index contributed by atoms with van der Waals surface area (Å²) in [6.07, 6.45) is 4.02. The number of imidazole rings is 1. The number of H-pyrrole nitrogens is 1. The molecule has 4 heterocycles. The molecular formula is C20H22N8O3. The Morgan fingerprint density at radius 2 is 1.94 bits per heavy atom. The molecular weight excluding hydrogens is 400 g/mol. The third kappa shape index (κ3) is 3.89. The highest BCUT2D eigenvalue weighted by Crippen LogP contribution is 2.23. The number of hydrogen-bond donors (Lipinski definition) is 2. The summed E-state index contributed by atoms with van der Waals surface area (Å²) in [5.74, 6) is 0.813. The van der Waals surface area contributed by atoms with E-state index in [2.05, 4.69) is 29.9 Å². The average molecular weight is 422 g/mol. The number of aromatic amines is 1. The summed E-state index contributed by atoms with van der Waals surface area (Å²) in [6, 6.07) is 7.83. The largest absolute Gasteiger partial charge is 0.483 e. The number of aromatic nitrogens is 6. The Morgan fingerprint density at radius 3 is 2.77 bits per heavy atom. The van der Waals surface area contributed by atoms with Crippen LogP contribution in [-0.4, -0.2) is 78.3 Å². The molecule has 160 valence electrons. The zero-order valence-electron chi connectivity index (χ0n) is 17.0. The molecule has 1 fully saturated rings. The summed E-state index contributed by atoms with van der Waals surface area (Å²) in [4.78, 5) is 41.6. The molecule has 1 saturated heterocycles. The van der Waals surface area contributed by atoms with Gasteiger partial charge in [-0.2, -0.15) is 5.10 Å². The maximum Gasteiger partial charge on any atom is 0.290 e. The van der Waals surface area contributed by atoms with E-state index in [1.54, 1.807) is 11.0 Å². The van der Waals surface area contributed by atoms with Crippen molar-refractivity contribution in [3.8, 4) is 0 Å². The standard InChI is InChI=1S/C19H20N8O.CH2O2/c1-25-14-6-3-2-5-13(14)15(24-25)19(28)27-8-4-7-26(9-10-27)18-16-17(21-11-20-16)22-12-23-18;2-1-3/h2-3,5-6,11-12H,4,7-10H2,1H3,(H,20,21,22,23);1H,(H,2,3). The Bertz CT molecular complexity index is 1220. The van der Waals surface area contributed by atoms with E-state index in [-0.39, 0.29) is 12.4 Å². The summed E-state index contributed by atoms with van der Waals surface area (Å²) in [6.45, 7) is 2.57. The van der Waals surface area contributed by atoms with E-state index < -0.39 is 0 Å². The SMILES string of the molecule is Cn1nc(C(=O)N2CCCN(c3ncnc4nc[nH]c34)CC2)c2ccccc21.O=CO. The normalized spacial score (nSPS) is 14.2. The van der Waals surface area contributed by atoms with Crippen molar-refractivity contribution in [1.29, 1.82) is 0 Å². The van der Waals surface area contributed by atoms with E-state index in [4.69, 9.17) is 9.90 Å². The van der Waals surface area contributed by atoms with Crippen LogP contribution in [0.2, 0.25) is 0 Å². The predicted molar refractivity (Wildman–Crippen MR) is 114 cm³/mol. The van der Waals surface area contributed by atoms with Gasteiger partial charge in [0.2, 0.25) is 0 Å². The van der Waals surface area contributed by atoms with E-state index >= 15 is 0 Å². The molecule has 1 amide bonds. The lowest BCUT2D eigenvalue weighted by Crippen LogP contribution is -2.35. The Balaban J connectivity index is 0.000000730. The summed E-state index contributed by atoms with van der Waals surface area (Å²) >= 11 is 0. The third-order valence-corrected chi connectivity index (χ3v) is 5.25. The molecule has 5 rings (SSSR count). The molecule has 3 aromatic heterocycles. The lowest BCUT2D eigenvalue weighted by atomic mass is 10.2. The van der Waals surface area contributed by atoms with E-state index in [1.165, 1.54) is 6.33 Å². The second-order valence-corrected chi connectivity index (χ2v) is 7.03. The van der Waals surface area contributed by atoms with Crippen molar-refractivity contribution in [2.45, 2.75) is 6.42 Å². The van der Waals surface area contributed by atoms with E-state index in [0.717, 1.165) is 35.2 Å². The first-order valence-corrected chi connectivity index (χ1v) is 9.82. The second kappa shape index (κ2) is 8.78. The van der Waals surface area contributed by atoms with Gasteiger partial charge in [-0.3, -0.25) is 14.3 Å². The number of carboxylic acid groups (broad SMARTS) is 1. The Hall–Kier alpha value is -4.02. The molecule has 11 heteroatoms. The maximum atomic E-state index is 13.2. The summed E-state index contributed by atoms with van der Waals surface area (Å²) in [7, 11) is 1.87. The van der Waals surface area contributed by atoms with E-state index in [0.29, 0.717) is 31.0 Å². The number of benzene rings is 1. The third-order valence-electron chi connectivity index (χ3n) is 5.25. The Morgan fingerprint density at radius 1 is 1.13 bits per heavy atom. The van der Waals surface area contributed by atoms with Gasteiger partial charge >= 0.3 is 0 Å². The summed E-state index contributed by atoms with van der Waals surface area (Å²) in [5, 5.41) is 12.3. The first-order chi connectivity index (χ1) is 15.1. The molecule has 0 saturated carbocycles. The molecule has 1 aliphatic heterocycles. The zero-order chi connectivity index (χ0) is 21.8. The number of anilines is 1. The number of carbonyl (C=O) groups excluding carboxylic acids is 1. The minimum Gasteiger partial charge on any atom is -0.483 e. The fraction of sp³-hybridized carbons (Fsp3) is 0.300. The fourth-order valence-electron chi connectivity index (χ4n) is 3.85. The van der Waals surface area contributed by atoms with Gasteiger partial charge < -0.3 is 19.9 Å². The van der Waals surface area contributed by atoms with Crippen LogP contribution < -0.4 is 4.90 Å². The van der Waals surface area contributed by atoms with Gasteiger partial charge in [-0.25, -0.2) is 15.0 Å². The van der Waals surface area contributed by atoms with Crippen molar-refractivity contribution in [1.82, 2.24) is 34.6 Å². The van der Waals surface area contributed by atoms with Crippen LogP contribution in [0.5, 0.6) is 0 Å². The molecule has 4 aromatic rings. The van der Waals surface area contributed by atoms with Crippen molar-refractivity contribution >= 4 is 40.3 Å². The van der Waals surface area contributed by atoms with Gasteiger partial charge in [-0.05, 0) is 12.5 Å². The minimum absolute atomic E-state index is 0.0203. The highest BCUT2D eigenvalue weighted by atomic mass is 16.3. The van der Waals surface area contributed by atoms with E-state index in [1.807, 2.05) is 36.2 Å². The molecule has 2 N–H and O–H groups in total. The molecule has 0 aliphatic carbocycles. The zero-order valence-corrected chi connectivity index (χ0v) is 17.0. The number of rotatable bonds is 2. The second-order valence-electron chi connectivity index (χ2n) is 7.03. The van der Waals surface area contributed by atoms with Crippen molar-refractivity contribution in [2.24, 2.45) is 7.05 Å². The highest BCUT2D eigenvalue weighted by molar-refractivity contribution is 6.04. The number of nitrogens with zero attached hydrogens (tertiary/aromatic N) is 7. The van der Waals surface area contributed by atoms with Gasteiger partial charge in [0.15, 0.2) is 17.2 Å². The first kappa shape index (κ1) is 20.3. The molecule has 0 bridgehead atoms. The maximum absolute atomic E-state index is 13.2. The van der Waals surface area contributed by atoms with Crippen LogP contribution in [0.3, 0.4) is 0 Å². The van der Waals surface area contributed by atoms with Crippen LogP contribution in [-0.2, 0) is 11.8 Å². The molecule has 0 unspecified atom stereocenters. The van der Waals surface area contributed by atoms with Crippen molar-refractivity contribution in [2.75, 3.05) is 31.1 Å². The minimum atomic E-state index is -0.250. The van der Waals surface area contributed by atoms with Crippen molar-refractivity contribution < 1.29 is 14.7 Å². The molecule has 0 radical (unpaired) electrons. The van der Waals surface area contributed by atoms with Crippen LogP contribution in [0.1, 0.15) is 16.9 Å². The van der Waals surface area contributed by atoms with Crippen LogP contribution in [0.25, 0.3) is 22.1 Å². The molecule has 11 nitrogen and oxygen atoms in total. The number of fused-ring (bicyclic) bond motifs is 2. The van der Waals surface area contributed by atoms with Gasteiger partial charge in [-0.1, -0.05) is 18.2 Å². The van der Waals surface area contributed by atoms with Crippen LogP contribution in [0.4, 0.5) is 5.82 Å². The quantitative estimate of drug-likeness (QED) is 0.462. The molecule has 31 heavy (non-hydrogen) atoms. The van der Waals surface area contributed by atoms with Gasteiger partial charge in [-0.15, -0.1) is 0 Å². The Kier molecular flexibility index (Phi) is 5.74. The lowest BCUT2D eigenvalue weighted by Gasteiger charge is -2.22. The average Bonchev–Trinajstić information content (AvgIpc) is 3.31. The summed E-state index contributed by atoms with van der Waals surface area (Å²) < 4.78 is 1.77. The predicted octanol–water partition coefficient (Wildman–Crippen LogP) is 1.29. The summed E-state index contributed by atoms with van der Waals surface area (Å²) in [5.41, 5.74) is 2.97. The highest BCUT2D eigenvalue weighted by Gasteiger charge is 2.25. The fourth-order valence-corrected chi connectivity index (χ4v) is 3.85. The molecule has 1 aromatic carbocycles. The van der Waals surface area contributed by atoms with Crippen molar-refractivity contribution in [3.63, 3.8) is 0 Å². The van der Waals surface area contributed by atoms with Crippen LogP contribution in [0, 0.1) is 0 Å². The van der Waals surface area contributed by atoms with Gasteiger partial charge in [0.05, 0.1) is 11.8 Å². The topological polar surface area (TPSA) is 133 Å². The van der Waals surface area contributed by atoms with Crippen molar-refractivity contribution in [3.05, 3.63) is 42.6 Å². The van der Waals surface area contributed by atoms with Gasteiger partial charge in [0.1, 0.15) is 11.8 Å². The Labute approximate surface area is 177 Å². The number of amides is 1. The van der Waals surface area contributed by atoms with E-state index in [9.17, 15) is 4.79 Å². The lowest BCUT2D eigenvalue weighted by molar-refractivity contribution is -0.122. The van der Waals surface area contributed by atoms with Crippen LogP contribution >= 0.6 is 0 Å².